The predicted molar refractivity (Wildman–Crippen MR) is 90.2 cm³/mol. The van der Waals surface area contributed by atoms with E-state index in [0.29, 0.717) is 19.4 Å². The van der Waals surface area contributed by atoms with Crippen molar-refractivity contribution < 1.29 is 9.59 Å². The van der Waals surface area contributed by atoms with E-state index in [-0.39, 0.29) is 17.9 Å². The van der Waals surface area contributed by atoms with Gasteiger partial charge in [0.15, 0.2) is 0 Å². The second-order valence-electron chi connectivity index (χ2n) is 5.65. The summed E-state index contributed by atoms with van der Waals surface area (Å²) in [6.07, 6.45) is 1.80. The van der Waals surface area contributed by atoms with Crippen LogP contribution in [0.1, 0.15) is 23.4 Å². The zero-order chi connectivity index (χ0) is 16.2. The Labute approximate surface area is 139 Å². The van der Waals surface area contributed by atoms with E-state index < -0.39 is 0 Å². The van der Waals surface area contributed by atoms with E-state index in [2.05, 4.69) is 45.3 Å². The number of hydrogen-bond donors (Lipinski definition) is 2. The maximum Gasteiger partial charge on any atom is 0.242 e. The Bertz CT molecular complexity index is 709. The zero-order valence-corrected chi connectivity index (χ0v) is 13.8. The molecule has 0 radical (unpaired) electrons. The molecule has 1 atom stereocenters. The van der Waals surface area contributed by atoms with E-state index in [1.54, 1.807) is 11.3 Å². The van der Waals surface area contributed by atoms with Crippen molar-refractivity contribution >= 4 is 23.2 Å². The van der Waals surface area contributed by atoms with Crippen LogP contribution in [-0.2, 0) is 16.0 Å². The van der Waals surface area contributed by atoms with Crippen LogP contribution in [0.3, 0.4) is 0 Å². The molecule has 2 aromatic rings. The molecule has 1 aliphatic rings. The van der Waals surface area contributed by atoms with Crippen LogP contribution < -0.4 is 10.6 Å². The Morgan fingerprint density at radius 2 is 2.17 bits per heavy atom. The number of hydrogen-bond acceptors (Lipinski definition) is 4. The highest BCUT2D eigenvalue weighted by Crippen LogP contribution is 2.21. The van der Waals surface area contributed by atoms with Crippen molar-refractivity contribution in [2.75, 3.05) is 6.54 Å². The molecule has 0 saturated carbocycles. The van der Waals surface area contributed by atoms with Crippen molar-refractivity contribution in [3.63, 3.8) is 0 Å². The standard InChI is InChI=1S/C17H19N3O2S/c1-11-19-15(10-23-11)13-4-2-12(3-5-13)8-9-18-17(22)14-6-7-16(21)20-14/h2-5,10,14H,6-9H2,1H3,(H,18,22)(H,20,21)/t14-/m0/s1. The lowest BCUT2D eigenvalue weighted by atomic mass is 10.1. The summed E-state index contributed by atoms with van der Waals surface area (Å²) in [5.74, 6) is -0.136. The molecule has 0 bridgehead atoms. The van der Waals surface area contributed by atoms with Gasteiger partial charge in [-0.3, -0.25) is 9.59 Å². The lowest BCUT2D eigenvalue weighted by molar-refractivity contribution is -0.125. The molecule has 1 fully saturated rings. The smallest absolute Gasteiger partial charge is 0.242 e. The van der Waals surface area contributed by atoms with Crippen LogP contribution in [0.2, 0.25) is 0 Å². The number of amides is 2. The molecule has 0 aliphatic carbocycles. The molecule has 120 valence electrons. The first-order valence-corrected chi connectivity index (χ1v) is 8.58. The molecule has 0 unspecified atom stereocenters. The number of carbonyl (C=O) groups is 2. The van der Waals surface area contributed by atoms with Gasteiger partial charge in [0.2, 0.25) is 11.8 Å². The van der Waals surface area contributed by atoms with E-state index in [1.807, 2.05) is 6.92 Å². The third kappa shape index (κ3) is 3.96. The van der Waals surface area contributed by atoms with Gasteiger partial charge in [0, 0.05) is 23.9 Å². The van der Waals surface area contributed by atoms with Gasteiger partial charge in [0.25, 0.3) is 0 Å². The Hall–Kier alpha value is -2.21. The van der Waals surface area contributed by atoms with E-state index >= 15 is 0 Å². The number of aromatic nitrogens is 1. The van der Waals surface area contributed by atoms with Crippen LogP contribution in [0.25, 0.3) is 11.3 Å². The van der Waals surface area contributed by atoms with Crippen molar-refractivity contribution in [2.24, 2.45) is 0 Å². The van der Waals surface area contributed by atoms with Gasteiger partial charge in [-0.1, -0.05) is 24.3 Å². The number of nitrogens with zero attached hydrogens (tertiary/aromatic N) is 1. The quantitative estimate of drug-likeness (QED) is 0.882. The molecule has 2 heterocycles. The lowest BCUT2D eigenvalue weighted by Crippen LogP contribution is -2.42. The molecular weight excluding hydrogens is 310 g/mol. The highest BCUT2D eigenvalue weighted by Gasteiger charge is 2.26. The van der Waals surface area contributed by atoms with Gasteiger partial charge in [-0.25, -0.2) is 4.98 Å². The maximum absolute atomic E-state index is 11.9. The average molecular weight is 329 g/mol. The topological polar surface area (TPSA) is 71.1 Å². The molecule has 1 aromatic heterocycles. The highest BCUT2D eigenvalue weighted by atomic mass is 32.1. The van der Waals surface area contributed by atoms with Crippen molar-refractivity contribution in [3.05, 3.63) is 40.2 Å². The first kappa shape index (κ1) is 15.7. The van der Waals surface area contributed by atoms with Gasteiger partial charge in [-0.05, 0) is 25.3 Å². The van der Waals surface area contributed by atoms with E-state index in [0.717, 1.165) is 28.2 Å². The van der Waals surface area contributed by atoms with Crippen LogP contribution in [0.5, 0.6) is 0 Å². The van der Waals surface area contributed by atoms with Crippen LogP contribution in [0, 0.1) is 6.92 Å². The van der Waals surface area contributed by atoms with Gasteiger partial charge in [0.1, 0.15) is 6.04 Å². The van der Waals surface area contributed by atoms with E-state index in [9.17, 15) is 9.59 Å². The third-order valence-corrected chi connectivity index (χ3v) is 4.67. The Morgan fingerprint density at radius 3 is 2.78 bits per heavy atom. The van der Waals surface area contributed by atoms with Crippen molar-refractivity contribution in [1.82, 2.24) is 15.6 Å². The number of rotatable bonds is 5. The Morgan fingerprint density at radius 1 is 1.39 bits per heavy atom. The van der Waals surface area contributed by atoms with Crippen LogP contribution in [0.4, 0.5) is 0 Å². The second kappa shape index (κ2) is 6.91. The summed E-state index contributed by atoms with van der Waals surface area (Å²) in [6.45, 7) is 2.57. The summed E-state index contributed by atoms with van der Waals surface area (Å²) < 4.78 is 0. The fraction of sp³-hybridized carbons (Fsp3) is 0.353. The molecule has 2 amide bonds. The van der Waals surface area contributed by atoms with Gasteiger partial charge in [-0.15, -0.1) is 11.3 Å². The van der Waals surface area contributed by atoms with Crippen LogP contribution >= 0.6 is 11.3 Å². The molecule has 5 nitrogen and oxygen atoms in total. The molecule has 3 rings (SSSR count). The van der Waals surface area contributed by atoms with Crippen molar-refractivity contribution in [2.45, 2.75) is 32.2 Å². The molecule has 0 spiro atoms. The minimum absolute atomic E-state index is 0.0435. The molecule has 6 heteroatoms. The summed E-state index contributed by atoms with van der Waals surface area (Å²) in [4.78, 5) is 27.5. The van der Waals surface area contributed by atoms with Crippen molar-refractivity contribution in [3.8, 4) is 11.3 Å². The average Bonchev–Trinajstić information content (AvgIpc) is 3.16. The minimum Gasteiger partial charge on any atom is -0.354 e. The molecule has 23 heavy (non-hydrogen) atoms. The normalized spacial score (nSPS) is 17.1. The summed E-state index contributed by atoms with van der Waals surface area (Å²) in [5, 5.41) is 8.67. The van der Waals surface area contributed by atoms with Gasteiger partial charge < -0.3 is 10.6 Å². The number of aryl methyl sites for hydroxylation is 1. The first-order valence-electron chi connectivity index (χ1n) is 7.70. The summed E-state index contributed by atoms with van der Waals surface area (Å²) in [6, 6.07) is 7.88. The van der Waals surface area contributed by atoms with Crippen molar-refractivity contribution in [1.29, 1.82) is 0 Å². The first-order chi connectivity index (χ1) is 11.1. The summed E-state index contributed by atoms with van der Waals surface area (Å²) >= 11 is 1.64. The number of carbonyl (C=O) groups excluding carboxylic acids is 2. The van der Waals surface area contributed by atoms with Gasteiger partial charge in [0.05, 0.1) is 10.7 Å². The molecule has 1 saturated heterocycles. The second-order valence-corrected chi connectivity index (χ2v) is 6.71. The third-order valence-electron chi connectivity index (χ3n) is 3.89. The predicted octanol–water partition coefficient (Wildman–Crippen LogP) is 2.06. The Balaban J connectivity index is 1.49. The van der Waals surface area contributed by atoms with Crippen LogP contribution in [0.15, 0.2) is 29.6 Å². The van der Waals surface area contributed by atoms with E-state index in [1.165, 1.54) is 0 Å². The molecular formula is C17H19N3O2S. The highest BCUT2D eigenvalue weighted by molar-refractivity contribution is 7.09. The molecule has 2 N–H and O–H groups in total. The minimum atomic E-state index is -0.363. The van der Waals surface area contributed by atoms with Gasteiger partial charge >= 0.3 is 0 Å². The van der Waals surface area contributed by atoms with E-state index in [4.69, 9.17) is 0 Å². The zero-order valence-electron chi connectivity index (χ0n) is 13.0. The fourth-order valence-electron chi connectivity index (χ4n) is 2.60. The fourth-order valence-corrected chi connectivity index (χ4v) is 3.22. The summed E-state index contributed by atoms with van der Waals surface area (Å²) in [5.41, 5.74) is 3.27. The Kier molecular flexibility index (Phi) is 4.71. The maximum atomic E-state index is 11.9. The molecule has 1 aromatic carbocycles. The van der Waals surface area contributed by atoms with Gasteiger partial charge in [-0.2, -0.15) is 0 Å². The molecule has 1 aliphatic heterocycles. The SMILES string of the molecule is Cc1nc(-c2ccc(CCNC(=O)[C@@H]3CCC(=O)N3)cc2)cs1. The van der Waals surface area contributed by atoms with Crippen LogP contribution in [-0.4, -0.2) is 29.4 Å². The number of thiazole rings is 1. The number of nitrogens with one attached hydrogen (secondary N) is 2. The summed E-state index contributed by atoms with van der Waals surface area (Å²) in [7, 11) is 0. The monoisotopic (exact) mass is 329 g/mol. The largest absolute Gasteiger partial charge is 0.354 e. The number of benzene rings is 1. The lowest BCUT2D eigenvalue weighted by Gasteiger charge is -2.11.